The van der Waals surface area contributed by atoms with Crippen molar-refractivity contribution in [3.63, 3.8) is 0 Å². The van der Waals surface area contributed by atoms with Crippen molar-refractivity contribution in [2.75, 3.05) is 0 Å². The monoisotopic (exact) mass is 604 g/mol. The van der Waals surface area contributed by atoms with E-state index in [1.165, 1.54) is 0 Å². The Kier molecular flexibility index (Phi) is 7.22. The molecule has 0 saturated heterocycles. The van der Waals surface area contributed by atoms with Crippen molar-refractivity contribution < 1.29 is 30.3 Å². The third kappa shape index (κ3) is 4.44. The van der Waals surface area contributed by atoms with Crippen molar-refractivity contribution in [3.05, 3.63) is 85.1 Å². The Balaban J connectivity index is 0.000000188. The SMILES string of the molecule is OC1CCC2CCC(O)C12.[Ir].[c-]1c(-c2ccccn2)n(-c2ccccc2)c2ccccc12. The van der Waals surface area contributed by atoms with E-state index in [4.69, 9.17) is 0 Å². The average Bonchev–Trinajstić information content (AvgIpc) is 3.50. The zero-order chi connectivity index (χ0) is 21.2. The molecule has 2 N–H and O–H groups in total. The van der Waals surface area contributed by atoms with E-state index in [1.54, 1.807) is 0 Å². The molecular weight excluding hydrogens is 577 g/mol. The van der Waals surface area contributed by atoms with Crippen LogP contribution in [0.2, 0.25) is 0 Å². The van der Waals surface area contributed by atoms with Crippen LogP contribution in [-0.2, 0) is 20.1 Å². The van der Waals surface area contributed by atoms with E-state index in [9.17, 15) is 10.2 Å². The molecule has 2 aromatic heterocycles. The molecule has 2 aliphatic carbocycles. The molecule has 4 nitrogen and oxygen atoms in total. The Labute approximate surface area is 202 Å². The second-order valence-corrected chi connectivity index (χ2v) is 8.50. The van der Waals surface area contributed by atoms with Crippen LogP contribution in [-0.4, -0.2) is 32.0 Å². The summed E-state index contributed by atoms with van der Waals surface area (Å²) in [5.74, 6) is 0.852. The maximum atomic E-state index is 9.41. The molecule has 6 rings (SSSR count). The number of aromatic nitrogens is 2. The van der Waals surface area contributed by atoms with Gasteiger partial charge in [0.25, 0.3) is 0 Å². The summed E-state index contributed by atoms with van der Waals surface area (Å²) in [6.45, 7) is 0. The summed E-state index contributed by atoms with van der Waals surface area (Å²) in [6, 6.07) is 28.1. The Bertz CT molecular complexity index is 1130. The van der Waals surface area contributed by atoms with Crippen molar-refractivity contribution >= 4 is 10.9 Å². The molecule has 5 heteroatoms. The van der Waals surface area contributed by atoms with Crippen LogP contribution in [0, 0.1) is 17.9 Å². The molecule has 2 heterocycles. The molecule has 167 valence electrons. The number of hydrogen-bond donors (Lipinski definition) is 2. The topological polar surface area (TPSA) is 58.3 Å². The fourth-order valence-electron chi connectivity index (χ4n) is 5.17. The first-order valence-electron chi connectivity index (χ1n) is 11.1. The second-order valence-electron chi connectivity index (χ2n) is 8.50. The number of rotatable bonds is 2. The van der Waals surface area contributed by atoms with Crippen molar-refractivity contribution in [1.29, 1.82) is 0 Å². The molecule has 2 unspecified atom stereocenters. The standard InChI is InChI=1S/C19H13N2.C8H14O2.Ir/c1-2-9-16(10-3-1)21-18-12-5-4-8-15(18)14-19(21)17-11-6-7-13-20-17;9-6-3-1-5-2-4-7(10)8(5)6;/h1-13H;5-10H,1-4H2;/q-1;;. The van der Waals surface area contributed by atoms with E-state index in [1.807, 2.05) is 48.7 Å². The number of benzene rings is 2. The molecule has 0 bridgehead atoms. The maximum absolute atomic E-state index is 9.41. The van der Waals surface area contributed by atoms with Gasteiger partial charge in [0.1, 0.15) is 0 Å². The zero-order valence-corrected chi connectivity index (χ0v) is 20.2. The number of hydrogen-bond acceptors (Lipinski definition) is 3. The van der Waals surface area contributed by atoms with E-state index in [0.29, 0.717) is 5.92 Å². The maximum Gasteiger partial charge on any atom is 0.0595 e. The summed E-state index contributed by atoms with van der Waals surface area (Å²) >= 11 is 0. The molecule has 32 heavy (non-hydrogen) atoms. The van der Waals surface area contributed by atoms with Crippen LogP contribution >= 0.6 is 0 Å². The van der Waals surface area contributed by atoms with Gasteiger partial charge in [-0.05, 0) is 61.0 Å². The van der Waals surface area contributed by atoms with Crippen LogP contribution in [0.1, 0.15) is 25.7 Å². The third-order valence-electron chi connectivity index (χ3n) is 6.64. The number of fused-ring (bicyclic) bond motifs is 2. The van der Waals surface area contributed by atoms with Crippen molar-refractivity contribution in [2.24, 2.45) is 11.8 Å². The van der Waals surface area contributed by atoms with Gasteiger partial charge in [-0.25, -0.2) is 0 Å². The predicted octanol–water partition coefficient (Wildman–Crippen LogP) is 5.02. The molecule has 0 spiro atoms. The number of nitrogens with zero attached hydrogens (tertiary/aromatic N) is 2. The van der Waals surface area contributed by atoms with Gasteiger partial charge in [0.05, 0.1) is 12.2 Å². The Hall–Kier alpha value is -2.30. The van der Waals surface area contributed by atoms with Crippen LogP contribution in [0.25, 0.3) is 28.0 Å². The van der Waals surface area contributed by atoms with E-state index < -0.39 is 0 Å². The number of pyridine rings is 1. The smallest absolute Gasteiger partial charge is 0.0595 e. The number of para-hydroxylation sites is 2. The molecule has 2 aromatic carbocycles. The molecule has 0 amide bonds. The van der Waals surface area contributed by atoms with Gasteiger partial charge in [-0.3, -0.25) is 0 Å². The summed E-state index contributed by atoms with van der Waals surface area (Å²) in [5, 5.41) is 19.9. The fourth-order valence-corrected chi connectivity index (χ4v) is 5.17. The average molecular weight is 604 g/mol. The summed E-state index contributed by atoms with van der Waals surface area (Å²) in [5.41, 5.74) is 4.18. The van der Waals surface area contributed by atoms with E-state index in [-0.39, 0.29) is 38.2 Å². The molecule has 2 aliphatic rings. The van der Waals surface area contributed by atoms with Gasteiger partial charge in [-0.15, -0.1) is 23.6 Å². The number of aliphatic hydroxyl groups is 2. The fraction of sp³-hybridized carbons (Fsp3) is 0.296. The molecule has 2 saturated carbocycles. The first kappa shape index (κ1) is 22.9. The van der Waals surface area contributed by atoms with Crippen LogP contribution < -0.4 is 0 Å². The largest absolute Gasteiger partial charge is 0.393 e. The molecular formula is C27H27IrN2O2-. The summed E-state index contributed by atoms with van der Waals surface area (Å²) < 4.78 is 2.21. The summed E-state index contributed by atoms with van der Waals surface area (Å²) in [4.78, 5) is 4.48. The van der Waals surface area contributed by atoms with Gasteiger partial charge in [-0.2, -0.15) is 0 Å². The van der Waals surface area contributed by atoms with Crippen LogP contribution in [0.5, 0.6) is 0 Å². The first-order valence-corrected chi connectivity index (χ1v) is 11.1. The van der Waals surface area contributed by atoms with Crippen LogP contribution in [0.4, 0.5) is 0 Å². The molecule has 1 radical (unpaired) electrons. The minimum Gasteiger partial charge on any atom is -0.393 e. The Morgan fingerprint density at radius 2 is 1.44 bits per heavy atom. The molecule has 4 aromatic rings. The predicted molar refractivity (Wildman–Crippen MR) is 123 cm³/mol. The van der Waals surface area contributed by atoms with Crippen molar-refractivity contribution in [1.82, 2.24) is 9.55 Å². The molecule has 2 atom stereocenters. The van der Waals surface area contributed by atoms with E-state index >= 15 is 0 Å². The van der Waals surface area contributed by atoms with Crippen LogP contribution in [0.15, 0.2) is 79.0 Å². The Morgan fingerprint density at radius 3 is 2.09 bits per heavy atom. The van der Waals surface area contributed by atoms with Crippen molar-refractivity contribution in [2.45, 2.75) is 37.9 Å². The van der Waals surface area contributed by atoms with Gasteiger partial charge in [-0.1, -0.05) is 42.5 Å². The molecule has 0 aliphatic heterocycles. The zero-order valence-electron chi connectivity index (χ0n) is 17.8. The van der Waals surface area contributed by atoms with Gasteiger partial charge in [0.15, 0.2) is 0 Å². The van der Waals surface area contributed by atoms with Gasteiger partial charge in [0.2, 0.25) is 0 Å². The third-order valence-corrected chi connectivity index (χ3v) is 6.64. The summed E-state index contributed by atoms with van der Waals surface area (Å²) in [6.07, 6.45) is 5.48. The second kappa shape index (κ2) is 10.1. The van der Waals surface area contributed by atoms with Gasteiger partial charge >= 0.3 is 0 Å². The van der Waals surface area contributed by atoms with E-state index in [2.05, 4.69) is 45.9 Å². The van der Waals surface area contributed by atoms with Crippen molar-refractivity contribution in [3.8, 4) is 17.1 Å². The normalized spacial score (nSPS) is 23.8. The quantitative estimate of drug-likeness (QED) is 0.317. The van der Waals surface area contributed by atoms with E-state index in [0.717, 1.165) is 53.7 Å². The summed E-state index contributed by atoms with van der Waals surface area (Å²) in [7, 11) is 0. The minimum atomic E-state index is -0.206. The first-order chi connectivity index (χ1) is 15.2. The van der Waals surface area contributed by atoms with Crippen LogP contribution in [0.3, 0.4) is 0 Å². The van der Waals surface area contributed by atoms with Gasteiger partial charge in [0, 0.05) is 43.6 Å². The van der Waals surface area contributed by atoms with Gasteiger partial charge < -0.3 is 19.8 Å². The molecule has 2 fully saturated rings. The minimum absolute atomic E-state index is 0. The number of aliphatic hydroxyl groups excluding tert-OH is 2. The Morgan fingerprint density at radius 1 is 0.781 bits per heavy atom.